The number of rotatable bonds is 5. The summed E-state index contributed by atoms with van der Waals surface area (Å²) in [6.45, 7) is 0. The molecule has 2 aromatic rings. The summed E-state index contributed by atoms with van der Waals surface area (Å²) in [4.78, 5) is 2.08. The van der Waals surface area contributed by atoms with E-state index < -0.39 is 0 Å². The minimum absolute atomic E-state index is 0.0517. The van der Waals surface area contributed by atoms with Crippen molar-refractivity contribution in [1.82, 2.24) is 0 Å². The number of anilines is 1. The first-order valence-electron chi connectivity index (χ1n) is 6.83. The molecule has 0 aliphatic carbocycles. The zero-order chi connectivity index (χ0) is 14.5. The molecule has 0 saturated heterocycles. The van der Waals surface area contributed by atoms with Crippen LogP contribution >= 0.6 is 0 Å². The van der Waals surface area contributed by atoms with E-state index >= 15 is 0 Å². The van der Waals surface area contributed by atoms with Crippen LogP contribution in [0.1, 0.15) is 23.6 Å². The number of aryl methyl sites for hydroxylation is 1. The quantitative estimate of drug-likeness (QED) is 0.902. The van der Waals surface area contributed by atoms with Crippen molar-refractivity contribution in [3.8, 4) is 0 Å². The largest absolute Gasteiger partial charge is 0.378 e. The van der Waals surface area contributed by atoms with Crippen LogP contribution in [0.4, 0.5) is 10.1 Å². The molecule has 0 spiro atoms. The highest BCUT2D eigenvalue weighted by molar-refractivity contribution is 5.46. The third kappa shape index (κ3) is 3.81. The molecule has 3 heteroatoms. The zero-order valence-electron chi connectivity index (χ0n) is 12.0. The summed E-state index contributed by atoms with van der Waals surface area (Å²) in [7, 11) is 4.05. The van der Waals surface area contributed by atoms with E-state index in [4.69, 9.17) is 5.73 Å². The van der Waals surface area contributed by atoms with Gasteiger partial charge in [-0.3, -0.25) is 0 Å². The molecule has 2 N–H and O–H groups in total. The Kier molecular flexibility index (Phi) is 4.74. The van der Waals surface area contributed by atoms with Gasteiger partial charge < -0.3 is 10.6 Å². The molecule has 2 aromatic carbocycles. The first-order valence-corrected chi connectivity index (χ1v) is 6.83. The molecule has 1 unspecified atom stereocenters. The van der Waals surface area contributed by atoms with Crippen LogP contribution < -0.4 is 10.6 Å². The van der Waals surface area contributed by atoms with Crippen molar-refractivity contribution in [2.75, 3.05) is 19.0 Å². The van der Waals surface area contributed by atoms with Crippen molar-refractivity contribution in [1.29, 1.82) is 0 Å². The maximum absolute atomic E-state index is 12.9. The first kappa shape index (κ1) is 14.5. The highest BCUT2D eigenvalue weighted by atomic mass is 19.1. The number of hydrogen-bond acceptors (Lipinski definition) is 2. The number of nitrogens with two attached hydrogens (primary N) is 1. The number of nitrogens with zero attached hydrogens (tertiary/aromatic N) is 1. The van der Waals surface area contributed by atoms with Gasteiger partial charge in [0.05, 0.1) is 0 Å². The van der Waals surface area contributed by atoms with Gasteiger partial charge >= 0.3 is 0 Å². The molecular weight excluding hydrogens is 251 g/mol. The minimum atomic E-state index is -0.222. The van der Waals surface area contributed by atoms with E-state index in [1.165, 1.54) is 23.4 Å². The van der Waals surface area contributed by atoms with Crippen molar-refractivity contribution < 1.29 is 4.39 Å². The van der Waals surface area contributed by atoms with Gasteiger partial charge in [0.2, 0.25) is 0 Å². The fourth-order valence-corrected chi connectivity index (χ4v) is 2.16. The van der Waals surface area contributed by atoms with Gasteiger partial charge in [0, 0.05) is 25.8 Å². The fourth-order valence-electron chi connectivity index (χ4n) is 2.16. The second kappa shape index (κ2) is 6.53. The van der Waals surface area contributed by atoms with E-state index in [2.05, 4.69) is 29.2 Å². The Balaban J connectivity index is 1.92. The second-order valence-electron chi connectivity index (χ2n) is 5.26. The number of hydrogen-bond donors (Lipinski definition) is 1. The van der Waals surface area contributed by atoms with Gasteiger partial charge in [-0.15, -0.1) is 0 Å². The Bertz CT molecular complexity index is 532. The van der Waals surface area contributed by atoms with Gasteiger partial charge in [0.1, 0.15) is 5.82 Å². The Morgan fingerprint density at radius 2 is 1.60 bits per heavy atom. The summed E-state index contributed by atoms with van der Waals surface area (Å²) in [5.74, 6) is -0.222. The molecular formula is C17H21FN2. The van der Waals surface area contributed by atoms with Crippen molar-refractivity contribution in [2.45, 2.75) is 18.9 Å². The molecule has 0 saturated carbocycles. The topological polar surface area (TPSA) is 29.3 Å². The van der Waals surface area contributed by atoms with Gasteiger partial charge in [-0.05, 0) is 48.2 Å². The third-order valence-corrected chi connectivity index (χ3v) is 3.49. The molecule has 0 fully saturated rings. The van der Waals surface area contributed by atoms with E-state index in [1.807, 2.05) is 14.1 Å². The molecule has 2 rings (SSSR count). The van der Waals surface area contributed by atoms with E-state index in [9.17, 15) is 4.39 Å². The predicted molar refractivity (Wildman–Crippen MR) is 82.4 cm³/mol. The summed E-state index contributed by atoms with van der Waals surface area (Å²) in [5, 5.41) is 0. The maximum atomic E-state index is 12.9. The smallest absolute Gasteiger partial charge is 0.123 e. The van der Waals surface area contributed by atoms with E-state index in [1.54, 1.807) is 12.1 Å². The highest BCUT2D eigenvalue weighted by Crippen LogP contribution is 2.19. The van der Waals surface area contributed by atoms with Crippen LogP contribution in [0.5, 0.6) is 0 Å². The molecule has 0 radical (unpaired) electrons. The van der Waals surface area contributed by atoms with E-state index in [0.717, 1.165) is 18.4 Å². The van der Waals surface area contributed by atoms with Gasteiger partial charge in [0.25, 0.3) is 0 Å². The minimum Gasteiger partial charge on any atom is -0.378 e. The van der Waals surface area contributed by atoms with Gasteiger partial charge in [-0.25, -0.2) is 4.39 Å². The summed E-state index contributed by atoms with van der Waals surface area (Å²) in [6, 6.07) is 14.9. The summed E-state index contributed by atoms with van der Waals surface area (Å²) in [5.41, 5.74) is 9.59. The average Bonchev–Trinajstić information content (AvgIpc) is 2.46. The molecule has 0 aliphatic rings. The summed E-state index contributed by atoms with van der Waals surface area (Å²) in [6.07, 6.45) is 1.78. The lowest BCUT2D eigenvalue weighted by Crippen LogP contribution is -2.11. The van der Waals surface area contributed by atoms with Crippen LogP contribution in [-0.2, 0) is 6.42 Å². The van der Waals surface area contributed by atoms with Crippen LogP contribution in [0.3, 0.4) is 0 Å². The summed E-state index contributed by atoms with van der Waals surface area (Å²) < 4.78 is 12.9. The van der Waals surface area contributed by atoms with Gasteiger partial charge in [-0.1, -0.05) is 24.3 Å². The Labute approximate surface area is 120 Å². The SMILES string of the molecule is CN(C)c1ccc(CCC(N)c2ccc(F)cc2)cc1. The lowest BCUT2D eigenvalue weighted by molar-refractivity contribution is 0.619. The van der Waals surface area contributed by atoms with E-state index in [-0.39, 0.29) is 11.9 Å². The molecule has 1 atom stereocenters. The second-order valence-corrected chi connectivity index (χ2v) is 5.26. The van der Waals surface area contributed by atoms with Crippen molar-refractivity contribution in [3.05, 3.63) is 65.5 Å². The lowest BCUT2D eigenvalue weighted by atomic mass is 9.99. The first-order chi connectivity index (χ1) is 9.56. The van der Waals surface area contributed by atoms with Crippen LogP contribution in [-0.4, -0.2) is 14.1 Å². The van der Waals surface area contributed by atoms with Gasteiger partial charge in [0.15, 0.2) is 0 Å². The van der Waals surface area contributed by atoms with Crippen molar-refractivity contribution in [3.63, 3.8) is 0 Å². The third-order valence-electron chi connectivity index (χ3n) is 3.49. The lowest BCUT2D eigenvalue weighted by Gasteiger charge is -2.14. The number of halogens is 1. The molecule has 106 valence electrons. The van der Waals surface area contributed by atoms with Crippen LogP contribution in [0.15, 0.2) is 48.5 Å². The van der Waals surface area contributed by atoms with Crippen LogP contribution in [0.25, 0.3) is 0 Å². The van der Waals surface area contributed by atoms with Crippen LogP contribution in [0, 0.1) is 5.82 Å². The van der Waals surface area contributed by atoms with Gasteiger partial charge in [-0.2, -0.15) is 0 Å². The summed E-state index contributed by atoms with van der Waals surface area (Å²) >= 11 is 0. The van der Waals surface area contributed by atoms with Crippen LogP contribution in [0.2, 0.25) is 0 Å². The molecule has 0 aromatic heterocycles. The molecule has 20 heavy (non-hydrogen) atoms. The van der Waals surface area contributed by atoms with Crippen molar-refractivity contribution in [2.24, 2.45) is 5.73 Å². The number of benzene rings is 2. The average molecular weight is 272 g/mol. The standard InChI is InChI=1S/C17H21FN2/c1-20(2)16-10-3-13(4-11-16)5-12-17(19)14-6-8-15(18)9-7-14/h3-4,6-11,17H,5,12,19H2,1-2H3. The molecule has 0 amide bonds. The molecule has 0 bridgehead atoms. The zero-order valence-corrected chi connectivity index (χ0v) is 12.0. The van der Waals surface area contributed by atoms with E-state index in [0.29, 0.717) is 0 Å². The van der Waals surface area contributed by atoms with Crippen molar-refractivity contribution >= 4 is 5.69 Å². The molecule has 2 nitrogen and oxygen atoms in total. The highest BCUT2D eigenvalue weighted by Gasteiger charge is 2.06. The normalized spacial score (nSPS) is 12.2. The molecule has 0 heterocycles. The Morgan fingerprint density at radius 3 is 2.15 bits per heavy atom. The Hall–Kier alpha value is -1.87. The predicted octanol–water partition coefficient (Wildman–Crippen LogP) is 3.52. The maximum Gasteiger partial charge on any atom is 0.123 e. The fraction of sp³-hybridized carbons (Fsp3) is 0.294. The monoisotopic (exact) mass is 272 g/mol. The Morgan fingerprint density at radius 1 is 1.00 bits per heavy atom. The molecule has 0 aliphatic heterocycles.